The third-order valence-electron chi connectivity index (χ3n) is 8.24. The molecular weight excluding hydrogens is 504 g/mol. The molecule has 0 amide bonds. The van der Waals surface area contributed by atoms with E-state index in [1.807, 2.05) is 48.5 Å². The van der Waals surface area contributed by atoms with Gasteiger partial charge < -0.3 is 13.4 Å². The Bertz CT molecular complexity index is 2550. The third-order valence-corrected chi connectivity index (χ3v) is 8.24. The van der Waals surface area contributed by atoms with Gasteiger partial charge in [0.15, 0.2) is 5.58 Å². The maximum Gasteiger partial charge on any atom is 0.159 e. The molecule has 6 aromatic carbocycles. The molecule has 190 valence electrons. The van der Waals surface area contributed by atoms with E-state index in [2.05, 4.69) is 83.4 Å². The van der Waals surface area contributed by atoms with Crippen LogP contribution < -0.4 is 0 Å². The van der Waals surface area contributed by atoms with Gasteiger partial charge in [0.25, 0.3) is 0 Å². The zero-order valence-electron chi connectivity index (χ0n) is 21.8. The highest BCUT2D eigenvalue weighted by Crippen LogP contribution is 2.43. The van der Waals surface area contributed by atoms with Gasteiger partial charge in [-0.1, -0.05) is 84.9 Å². The van der Waals surface area contributed by atoms with Crippen molar-refractivity contribution >= 4 is 65.7 Å². The van der Waals surface area contributed by atoms with Crippen molar-refractivity contribution in [3.63, 3.8) is 0 Å². The molecule has 0 unspecified atom stereocenters. The summed E-state index contributed by atoms with van der Waals surface area (Å²) in [5.41, 5.74) is 9.09. The molecule has 0 saturated carbocycles. The lowest BCUT2D eigenvalue weighted by atomic mass is 10.00. The number of hydrogen-bond donors (Lipinski definition) is 0. The highest BCUT2D eigenvalue weighted by atomic mass is 16.3. The minimum Gasteiger partial charge on any atom is -0.455 e. The zero-order chi connectivity index (χ0) is 27.1. The number of furan rings is 2. The van der Waals surface area contributed by atoms with Gasteiger partial charge in [-0.2, -0.15) is 5.26 Å². The first kappa shape index (κ1) is 22.1. The van der Waals surface area contributed by atoms with E-state index in [0.717, 1.165) is 82.5 Å². The van der Waals surface area contributed by atoms with E-state index in [0.29, 0.717) is 5.56 Å². The SMILES string of the molecule is N#Cc1ccc2c(c1)c1ccccc1n2-c1cccc2c1oc1c(-c3cccc4c3oc3ccccc34)cccc12. The van der Waals surface area contributed by atoms with Crippen LogP contribution in [0.2, 0.25) is 0 Å². The molecule has 9 rings (SSSR count). The van der Waals surface area contributed by atoms with E-state index >= 15 is 0 Å². The van der Waals surface area contributed by atoms with Crippen molar-refractivity contribution < 1.29 is 8.83 Å². The van der Waals surface area contributed by atoms with Crippen LogP contribution >= 0.6 is 0 Å². The van der Waals surface area contributed by atoms with Gasteiger partial charge in [-0.3, -0.25) is 0 Å². The Labute approximate surface area is 233 Å². The van der Waals surface area contributed by atoms with Gasteiger partial charge in [-0.15, -0.1) is 0 Å². The van der Waals surface area contributed by atoms with E-state index in [1.165, 1.54) is 0 Å². The van der Waals surface area contributed by atoms with Crippen LogP contribution in [0, 0.1) is 11.3 Å². The highest BCUT2D eigenvalue weighted by Gasteiger charge is 2.21. The molecule has 0 fully saturated rings. The Hall–Kier alpha value is -5.79. The van der Waals surface area contributed by atoms with Crippen LogP contribution in [-0.4, -0.2) is 4.57 Å². The van der Waals surface area contributed by atoms with Crippen LogP contribution in [0.5, 0.6) is 0 Å². The number of para-hydroxylation sites is 5. The normalized spacial score (nSPS) is 11.9. The number of rotatable bonds is 2. The molecule has 0 aliphatic carbocycles. The van der Waals surface area contributed by atoms with Gasteiger partial charge >= 0.3 is 0 Å². The molecule has 0 saturated heterocycles. The molecule has 0 atom stereocenters. The molecule has 0 radical (unpaired) electrons. The van der Waals surface area contributed by atoms with Crippen molar-refractivity contribution in [1.82, 2.24) is 4.57 Å². The van der Waals surface area contributed by atoms with E-state index < -0.39 is 0 Å². The second-order valence-electron chi connectivity index (χ2n) is 10.4. The van der Waals surface area contributed by atoms with Crippen molar-refractivity contribution in [2.45, 2.75) is 0 Å². The maximum atomic E-state index is 9.56. The quantitative estimate of drug-likeness (QED) is 0.226. The summed E-state index contributed by atoms with van der Waals surface area (Å²) in [7, 11) is 0. The topological polar surface area (TPSA) is 55.0 Å². The van der Waals surface area contributed by atoms with Gasteiger partial charge in [-0.05, 0) is 36.4 Å². The first-order valence-electron chi connectivity index (χ1n) is 13.6. The molecule has 9 aromatic rings. The second kappa shape index (κ2) is 8.11. The van der Waals surface area contributed by atoms with E-state index in [4.69, 9.17) is 8.83 Å². The van der Waals surface area contributed by atoms with Gasteiger partial charge in [0, 0.05) is 43.4 Å². The first-order chi connectivity index (χ1) is 20.3. The number of benzene rings is 6. The van der Waals surface area contributed by atoms with Crippen molar-refractivity contribution in [2.75, 3.05) is 0 Å². The summed E-state index contributed by atoms with van der Waals surface area (Å²) in [6.45, 7) is 0. The molecule has 0 bridgehead atoms. The summed E-state index contributed by atoms with van der Waals surface area (Å²) >= 11 is 0. The van der Waals surface area contributed by atoms with E-state index in [9.17, 15) is 5.26 Å². The number of aromatic nitrogens is 1. The van der Waals surface area contributed by atoms with Crippen molar-refractivity contribution in [1.29, 1.82) is 5.26 Å². The average Bonchev–Trinajstić information content (AvgIpc) is 3.70. The molecule has 0 spiro atoms. The Kier molecular flexibility index (Phi) is 4.37. The maximum absolute atomic E-state index is 9.56. The van der Waals surface area contributed by atoms with Gasteiger partial charge in [0.05, 0.1) is 28.4 Å². The zero-order valence-corrected chi connectivity index (χ0v) is 21.8. The van der Waals surface area contributed by atoms with Crippen molar-refractivity contribution in [2.24, 2.45) is 0 Å². The Balaban J connectivity index is 1.36. The monoisotopic (exact) mass is 524 g/mol. The molecule has 0 N–H and O–H groups in total. The lowest BCUT2D eigenvalue weighted by Crippen LogP contribution is -1.94. The fourth-order valence-electron chi connectivity index (χ4n) is 6.45. The molecular formula is C37H20N2O2. The molecule has 4 heteroatoms. The van der Waals surface area contributed by atoms with Gasteiger partial charge in [0.2, 0.25) is 0 Å². The largest absolute Gasteiger partial charge is 0.455 e. The highest BCUT2D eigenvalue weighted by molar-refractivity contribution is 6.17. The summed E-state index contributed by atoms with van der Waals surface area (Å²) in [6.07, 6.45) is 0. The van der Waals surface area contributed by atoms with Crippen LogP contribution in [0.25, 0.3) is 82.5 Å². The summed E-state index contributed by atoms with van der Waals surface area (Å²) in [5.74, 6) is 0. The second-order valence-corrected chi connectivity index (χ2v) is 10.4. The predicted octanol–water partition coefficient (Wildman–Crippen LogP) is 10.1. The number of nitriles is 1. The summed E-state index contributed by atoms with van der Waals surface area (Å²) in [4.78, 5) is 0. The Morgan fingerprint density at radius 3 is 1.90 bits per heavy atom. The lowest BCUT2D eigenvalue weighted by Gasteiger charge is -2.08. The molecule has 0 aliphatic heterocycles. The number of fused-ring (bicyclic) bond motifs is 9. The van der Waals surface area contributed by atoms with Gasteiger partial charge in [-0.25, -0.2) is 0 Å². The smallest absolute Gasteiger partial charge is 0.159 e. The minimum atomic E-state index is 0.645. The van der Waals surface area contributed by atoms with Crippen LogP contribution in [0.1, 0.15) is 5.56 Å². The van der Waals surface area contributed by atoms with Crippen molar-refractivity contribution in [3.8, 4) is 22.9 Å². The minimum absolute atomic E-state index is 0.645. The molecule has 3 heterocycles. The summed E-state index contributed by atoms with van der Waals surface area (Å²) in [6, 6.07) is 43.6. The molecule has 0 aliphatic rings. The number of nitrogens with zero attached hydrogens (tertiary/aromatic N) is 2. The first-order valence-corrected chi connectivity index (χ1v) is 13.6. The van der Waals surface area contributed by atoms with Crippen LogP contribution in [-0.2, 0) is 0 Å². The standard InChI is InChI=1S/C37H20N2O2/c38-21-22-18-19-32-30(20-22)23-8-1-3-15-31(23)39(32)33-16-7-14-29-28-13-6-12-27(36(28)41-37(29)33)26-11-5-10-25-24-9-2-4-17-34(24)40-35(25)26/h1-20H. The van der Waals surface area contributed by atoms with Crippen molar-refractivity contribution in [3.05, 3.63) is 127 Å². The third kappa shape index (κ3) is 2.98. The van der Waals surface area contributed by atoms with Crippen LogP contribution in [0.3, 0.4) is 0 Å². The summed E-state index contributed by atoms with van der Waals surface area (Å²) in [5, 5.41) is 16.0. The Morgan fingerprint density at radius 2 is 1.10 bits per heavy atom. The molecule has 4 nitrogen and oxygen atoms in total. The van der Waals surface area contributed by atoms with Gasteiger partial charge in [0.1, 0.15) is 16.7 Å². The lowest BCUT2D eigenvalue weighted by molar-refractivity contribution is 0.663. The number of hydrogen-bond acceptors (Lipinski definition) is 3. The van der Waals surface area contributed by atoms with Crippen LogP contribution in [0.4, 0.5) is 0 Å². The summed E-state index contributed by atoms with van der Waals surface area (Å²) < 4.78 is 15.5. The predicted molar refractivity (Wildman–Crippen MR) is 165 cm³/mol. The van der Waals surface area contributed by atoms with Crippen LogP contribution in [0.15, 0.2) is 130 Å². The Morgan fingerprint density at radius 1 is 0.488 bits per heavy atom. The van der Waals surface area contributed by atoms with E-state index in [-0.39, 0.29) is 0 Å². The fourth-order valence-corrected chi connectivity index (χ4v) is 6.45. The van der Waals surface area contributed by atoms with E-state index in [1.54, 1.807) is 0 Å². The fraction of sp³-hybridized carbons (Fsp3) is 0. The average molecular weight is 525 g/mol. The molecule has 41 heavy (non-hydrogen) atoms. The molecule has 3 aromatic heterocycles.